The molecule has 0 aliphatic rings. The van der Waals surface area contributed by atoms with E-state index >= 15 is 0 Å². The summed E-state index contributed by atoms with van der Waals surface area (Å²) in [6, 6.07) is 0. The van der Waals surface area contributed by atoms with Crippen LogP contribution in [0.2, 0.25) is 18.1 Å². The van der Waals surface area contributed by atoms with E-state index in [0.717, 1.165) is 0 Å². The van der Waals surface area contributed by atoms with Crippen molar-refractivity contribution in [1.82, 2.24) is 0 Å². The van der Waals surface area contributed by atoms with E-state index in [1.165, 1.54) is 0 Å². The lowest BCUT2D eigenvalue weighted by Gasteiger charge is -2.35. The third kappa shape index (κ3) is 3.42. The molecule has 0 aromatic heterocycles. The molecule has 70 valence electrons. The molecule has 0 unspecified atom stereocenters. The zero-order chi connectivity index (χ0) is 9.83. The normalized spacial score (nSPS) is 12.2. The Labute approximate surface area is 77.6 Å². The lowest BCUT2D eigenvalue weighted by Crippen LogP contribution is -2.40. The summed E-state index contributed by atoms with van der Waals surface area (Å²) >= 11 is 0. The van der Waals surface area contributed by atoms with Gasteiger partial charge in [0, 0.05) is 0 Å². The summed E-state index contributed by atoms with van der Waals surface area (Å²) in [6.07, 6.45) is 0. The van der Waals surface area contributed by atoms with E-state index in [4.69, 9.17) is 4.43 Å². The van der Waals surface area contributed by atoms with Gasteiger partial charge in [0.25, 0.3) is 0 Å². The van der Waals surface area contributed by atoms with E-state index in [0.29, 0.717) is 11.6 Å². The summed E-state index contributed by atoms with van der Waals surface area (Å²) in [5, 5.41) is 0.294. The van der Waals surface area contributed by atoms with Crippen LogP contribution in [0.1, 0.15) is 27.7 Å². The summed E-state index contributed by atoms with van der Waals surface area (Å²) in [5.74, 6) is 5.78. The van der Waals surface area contributed by atoms with E-state index in [2.05, 4.69) is 45.7 Å². The molecule has 0 aromatic rings. The highest BCUT2D eigenvalue weighted by Crippen LogP contribution is 2.36. The molecule has 0 amide bonds. The fourth-order valence-corrected chi connectivity index (χ4v) is 1.37. The second-order valence-electron chi connectivity index (χ2n) is 4.48. The van der Waals surface area contributed by atoms with Crippen molar-refractivity contribution in [3.63, 3.8) is 0 Å². The molecule has 0 aromatic carbocycles. The van der Waals surface area contributed by atoms with Crippen LogP contribution in [0.15, 0.2) is 0 Å². The molecule has 0 N–H and O–H groups in total. The Morgan fingerprint density at radius 2 is 1.75 bits per heavy atom. The van der Waals surface area contributed by atoms with Crippen LogP contribution in [0, 0.1) is 11.8 Å². The van der Waals surface area contributed by atoms with Crippen molar-refractivity contribution in [3.8, 4) is 11.8 Å². The number of hydrogen-bond donors (Lipinski definition) is 0. The van der Waals surface area contributed by atoms with E-state index in [-0.39, 0.29) is 0 Å². The highest BCUT2D eigenvalue weighted by atomic mass is 28.4. The van der Waals surface area contributed by atoms with Crippen LogP contribution in [-0.2, 0) is 4.43 Å². The van der Waals surface area contributed by atoms with Gasteiger partial charge in [-0.25, -0.2) is 0 Å². The average Bonchev–Trinajstić information content (AvgIpc) is 1.85. The van der Waals surface area contributed by atoms with E-state index in [1.807, 2.05) is 6.92 Å². The molecule has 0 aliphatic carbocycles. The third-order valence-electron chi connectivity index (χ3n) is 2.49. The van der Waals surface area contributed by atoms with Crippen molar-refractivity contribution < 1.29 is 4.43 Å². The molecule has 0 aliphatic heterocycles. The van der Waals surface area contributed by atoms with Gasteiger partial charge in [0.05, 0.1) is 6.61 Å². The van der Waals surface area contributed by atoms with Gasteiger partial charge in [0.15, 0.2) is 8.32 Å². The first-order valence-electron chi connectivity index (χ1n) is 4.35. The SMILES string of the molecule is CC#CCO[Si](C)(C)C(C)(C)C. The predicted molar refractivity (Wildman–Crippen MR) is 56.6 cm³/mol. The smallest absolute Gasteiger partial charge is 0.193 e. The van der Waals surface area contributed by atoms with Gasteiger partial charge in [-0.3, -0.25) is 0 Å². The van der Waals surface area contributed by atoms with Gasteiger partial charge in [-0.2, -0.15) is 0 Å². The fraction of sp³-hybridized carbons (Fsp3) is 0.800. The third-order valence-corrected chi connectivity index (χ3v) is 6.97. The van der Waals surface area contributed by atoms with Crippen LogP contribution in [-0.4, -0.2) is 14.9 Å². The molecular formula is C10H20OSi. The van der Waals surface area contributed by atoms with Crippen LogP contribution in [0.25, 0.3) is 0 Å². The molecular weight excluding hydrogens is 164 g/mol. The minimum Gasteiger partial charge on any atom is -0.406 e. The number of hydrogen-bond acceptors (Lipinski definition) is 1. The summed E-state index contributed by atoms with van der Waals surface area (Å²) in [4.78, 5) is 0. The number of rotatable bonds is 2. The van der Waals surface area contributed by atoms with Crippen molar-refractivity contribution in [1.29, 1.82) is 0 Å². The second kappa shape index (κ2) is 4.11. The molecule has 0 bridgehead atoms. The maximum absolute atomic E-state index is 5.80. The van der Waals surface area contributed by atoms with Gasteiger partial charge >= 0.3 is 0 Å². The fourth-order valence-electron chi connectivity index (χ4n) is 0.505. The summed E-state index contributed by atoms with van der Waals surface area (Å²) in [5.41, 5.74) is 0. The lowest BCUT2D eigenvalue weighted by molar-refractivity contribution is 0.334. The van der Waals surface area contributed by atoms with Gasteiger partial charge in [0.2, 0.25) is 0 Å². The minimum absolute atomic E-state index is 0.294. The van der Waals surface area contributed by atoms with Crippen LogP contribution >= 0.6 is 0 Å². The molecule has 2 heteroatoms. The van der Waals surface area contributed by atoms with Crippen molar-refractivity contribution in [2.75, 3.05) is 6.61 Å². The molecule has 1 nitrogen and oxygen atoms in total. The van der Waals surface area contributed by atoms with Gasteiger partial charge in [-0.15, -0.1) is 5.92 Å². The van der Waals surface area contributed by atoms with Gasteiger partial charge in [-0.05, 0) is 25.1 Å². The quantitative estimate of drug-likeness (QED) is 0.473. The van der Waals surface area contributed by atoms with Crippen molar-refractivity contribution >= 4 is 8.32 Å². The molecule has 0 rings (SSSR count). The Hall–Kier alpha value is -0.263. The standard InChI is InChI=1S/C10H20OSi/c1-7-8-9-11-12(5,6)10(2,3)4/h9H2,1-6H3. The Morgan fingerprint density at radius 3 is 2.08 bits per heavy atom. The Balaban J connectivity index is 4.11. The summed E-state index contributed by atoms with van der Waals surface area (Å²) in [6.45, 7) is 13.6. The zero-order valence-corrected chi connectivity index (χ0v) is 10.1. The van der Waals surface area contributed by atoms with Gasteiger partial charge in [-0.1, -0.05) is 26.7 Å². The average molecular weight is 184 g/mol. The van der Waals surface area contributed by atoms with Crippen molar-refractivity contribution in [2.45, 2.75) is 45.8 Å². The first kappa shape index (κ1) is 11.7. The molecule has 0 spiro atoms. The van der Waals surface area contributed by atoms with Crippen LogP contribution in [0.5, 0.6) is 0 Å². The predicted octanol–water partition coefficient (Wildman–Crippen LogP) is 3.03. The van der Waals surface area contributed by atoms with Crippen LogP contribution in [0.4, 0.5) is 0 Å². The largest absolute Gasteiger partial charge is 0.406 e. The molecule has 0 atom stereocenters. The van der Waals surface area contributed by atoms with E-state index in [9.17, 15) is 0 Å². The van der Waals surface area contributed by atoms with Gasteiger partial charge < -0.3 is 4.43 Å². The Kier molecular flexibility index (Phi) is 4.02. The maximum atomic E-state index is 5.80. The summed E-state index contributed by atoms with van der Waals surface area (Å²) in [7, 11) is -1.54. The lowest BCUT2D eigenvalue weighted by atomic mass is 10.2. The first-order chi connectivity index (χ1) is 5.31. The summed E-state index contributed by atoms with van der Waals surface area (Å²) < 4.78 is 5.80. The Morgan fingerprint density at radius 1 is 1.25 bits per heavy atom. The monoisotopic (exact) mass is 184 g/mol. The first-order valence-corrected chi connectivity index (χ1v) is 7.25. The molecule has 0 radical (unpaired) electrons. The highest BCUT2D eigenvalue weighted by molar-refractivity contribution is 6.74. The van der Waals surface area contributed by atoms with Crippen LogP contribution < -0.4 is 0 Å². The molecule has 12 heavy (non-hydrogen) atoms. The molecule has 0 heterocycles. The Bertz CT molecular complexity index is 190. The minimum atomic E-state index is -1.54. The maximum Gasteiger partial charge on any atom is 0.193 e. The van der Waals surface area contributed by atoms with Crippen molar-refractivity contribution in [2.24, 2.45) is 0 Å². The molecule has 0 saturated heterocycles. The topological polar surface area (TPSA) is 9.23 Å². The highest BCUT2D eigenvalue weighted by Gasteiger charge is 2.36. The second-order valence-corrected chi connectivity index (χ2v) is 9.29. The van der Waals surface area contributed by atoms with Gasteiger partial charge in [0.1, 0.15) is 0 Å². The molecule has 0 fully saturated rings. The molecule has 0 saturated carbocycles. The zero-order valence-electron chi connectivity index (χ0n) is 9.12. The van der Waals surface area contributed by atoms with E-state index in [1.54, 1.807) is 0 Å². The van der Waals surface area contributed by atoms with Crippen LogP contribution in [0.3, 0.4) is 0 Å². The van der Waals surface area contributed by atoms with Crippen molar-refractivity contribution in [3.05, 3.63) is 0 Å². The van der Waals surface area contributed by atoms with E-state index < -0.39 is 8.32 Å².